The Morgan fingerprint density at radius 1 is 1.10 bits per heavy atom. The Balaban J connectivity index is 1.71. The van der Waals surface area contributed by atoms with Crippen LogP contribution in [0.1, 0.15) is 37.0 Å². The smallest absolute Gasteiger partial charge is 0.322 e. The standard InChI is InChI=1S/C19H21ClN4O4S2/c1-3-11-24(12-4-2)30(26,27)14-7-5-13(6-8-14)17(25)21-19-23-22-18(28-19)15-9-10-16(20)29-15/h5-10H,3-4,11-12H2,1-2H3,(H,21,23,25). The van der Waals surface area contributed by atoms with Gasteiger partial charge in [0, 0.05) is 18.7 Å². The van der Waals surface area contributed by atoms with Crippen molar-refractivity contribution >= 4 is 44.9 Å². The van der Waals surface area contributed by atoms with Gasteiger partial charge in [-0.25, -0.2) is 8.42 Å². The van der Waals surface area contributed by atoms with Gasteiger partial charge in [-0.2, -0.15) is 4.31 Å². The maximum atomic E-state index is 12.8. The monoisotopic (exact) mass is 468 g/mol. The highest BCUT2D eigenvalue weighted by Crippen LogP contribution is 2.30. The first-order valence-corrected chi connectivity index (χ1v) is 12.0. The molecule has 2 aromatic heterocycles. The Hall–Kier alpha value is -2.27. The van der Waals surface area contributed by atoms with E-state index in [1.54, 1.807) is 12.1 Å². The van der Waals surface area contributed by atoms with Crippen LogP contribution in [-0.4, -0.2) is 41.9 Å². The number of carbonyl (C=O) groups is 1. The fourth-order valence-corrected chi connectivity index (χ4v) is 5.34. The van der Waals surface area contributed by atoms with Gasteiger partial charge in [0.05, 0.1) is 14.1 Å². The molecule has 3 rings (SSSR count). The van der Waals surface area contributed by atoms with Gasteiger partial charge in [-0.05, 0) is 49.2 Å². The number of sulfonamides is 1. The van der Waals surface area contributed by atoms with Crippen molar-refractivity contribution in [3.8, 4) is 10.8 Å². The Kier molecular flexibility index (Phi) is 7.24. The summed E-state index contributed by atoms with van der Waals surface area (Å²) in [5.74, 6) is -0.243. The van der Waals surface area contributed by atoms with E-state index in [2.05, 4.69) is 15.5 Å². The molecule has 3 aromatic rings. The minimum absolute atomic E-state index is 0.0618. The van der Waals surface area contributed by atoms with E-state index in [9.17, 15) is 13.2 Å². The summed E-state index contributed by atoms with van der Waals surface area (Å²) < 4.78 is 33.1. The molecule has 8 nitrogen and oxygen atoms in total. The third kappa shape index (κ3) is 5.07. The van der Waals surface area contributed by atoms with E-state index in [1.165, 1.54) is 39.9 Å². The number of nitrogens with one attached hydrogen (secondary N) is 1. The van der Waals surface area contributed by atoms with Crippen molar-refractivity contribution in [1.29, 1.82) is 0 Å². The van der Waals surface area contributed by atoms with Crippen LogP contribution in [0.2, 0.25) is 4.34 Å². The molecule has 0 spiro atoms. The fourth-order valence-electron chi connectivity index (χ4n) is 2.75. The van der Waals surface area contributed by atoms with Crippen LogP contribution in [0.25, 0.3) is 10.8 Å². The van der Waals surface area contributed by atoms with Crippen molar-refractivity contribution < 1.29 is 17.6 Å². The van der Waals surface area contributed by atoms with E-state index >= 15 is 0 Å². The molecule has 0 saturated carbocycles. The normalized spacial score (nSPS) is 11.7. The quantitative estimate of drug-likeness (QED) is 0.495. The number of anilines is 1. The zero-order valence-corrected chi connectivity index (χ0v) is 18.9. The highest BCUT2D eigenvalue weighted by atomic mass is 35.5. The molecular formula is C19H21ClN4O4S2. The summed E-state index contributed by atoms with van der Waals surface area (Å²) in [6, 6.07) is 9.15. The van der Waals surface area contributed by atoms with E-state index in [4.69, 9.17) is 16.0 Å². The molecule has 1 amide bonds. The van der Waals surface area contributed by atoms with Crippen molar-refractivity contribution in [2.75, 3.05) is 18.4 Å². The van der Waals surface area contributed by atoms with Crippen LogP contribution in [0.4, 0.5) is 6.01 Å². The van der Waals surface area contributed by atoms with E-state index in [1.807, 2.05) is 13.8 Å². The summed E-state index contributed by atoms with van der Waals surface area (Å²) in [7, 11) is -3.60. The van der Waals surface area contributed by atoms with Gasteiger partial charge >= 0.3 is 6.01 Å². The molecule has 0 fully saturated rings. The molecule has 0 unspecified atom stereocenters. The molecule has 0 radical (unpaired) electrons. The number of aromatic nitrogens is 2. The van der Waals surface area contributed by atoms with Crippen molar-refractivity contribution in [3.05, 3.63) is 46.3 Å². The fraction of sp³-hybridized carbons (Fsp3) is 0.316. The Bertz CT molecular complexity index is 1100. The summed E-state index contributed by atoms with van der Waals surface area (Å²) in [6.07, 6.45) is 1.45. The average Bonchev–Trinajstić information content (AvgIpc) is 3.36. The van der Waals surface area contributed by atoms with Gasteiger partial charge in [-0.15, -0.1) is 16.4 Å². The first kappa shape index (κ1) is 22.4. The van der Waals surface area contributed by atoms with Crippen LogP contribution in [0, 0.1) is 0 Å². The summed E-state index contributed by atoms with van der Waals surface area (Å²) in [4.78, 5) is 13.3. The lowest BCUT2D eigenvalue weighted by Gasteiger charge is -2.21. The zero-order chi connectivity index (χ0) is 21.7. The highest BCUT2D eigenvalue weighted by molar-refractivity contribution is 7.89. The molecule has 0 aliphatic carbocycles. The van der Waals surface area contributed by atoms with Gasteiger partial charge in [0.1, 0.15) is 0 Å². The maximum Gasteiger partial charge on any atom is 0.322 e. The molecule has 11 heteroatoms. The van der Waals surface area contributed by atoms with Gasteiger partial charge in [0.25, 0.3) is 11.8 Å². The Morgan fingerprint density at radius 2 is 1.77 bits per heavy atom. The predicted molar refractivity (Wildman–Crippen MR) is 116 cm³/mol. The number of amides is 1. The van der Waals surface area contributed by atoms with E-state index in [0.29, 0.717) is 22.3 Å². The molecule has 0 aliphatic rings. The molecular weight excluding hydrogens is 448 g/mol. The predicted octanol–water partition coefficient (Wildman–Crippen LogP) is 4.51. The topological polar surface area (TPSA) is 105 Å². The maximum absolute atomic E-state index is 12.8. The molecule has 1 N–H and O–H groups in total. The third-order valence-corrected chi connectivity index (χ3v) is 7.26. The molecule has 1 aromatic carbocycles. The zero-order valence-electron chi connectivity index (χ0n) is 16.5. The van der Waals surface area contributed by atoms with E-state index in [-0.39, 0.29) is 22.4 Å². The number of halogens is 1. The summed E-state index contributed by atoms with van der Waals surface area (Å²) >= 11 is 7.17. The van der Waals surface area contributed by atoms with Crippen molar-refractivity contribution in [3.63, 3.8) is 0 Å². The Morgan fingerprint density at radius 3 is 2.33 bits per heavy atom. The lowest BCUT2D eigenvalue weighted by Crippen LogP contribution is -2.32. The lowest BCUT2D eigenvalue weighted by molar-refractivity contribution is 0.102. The van der Waals surface area contributed by atoms with Gasteiger partial charge in [-0.3, -0.25) is 10.1 Å². The highest BCUT2D eigenvalue weighted by Gasteiger charge is 2.23. The minimum atomic E-state index is -3.60. The van der Waals surface area contributed by atoms with Gasteiger partial charge in [0.2, 0.25) is 10.0 Å². The first-order valence-electron chi connectivity index (χ1n) is 9.36. The van der Waals surface area contributed by atoms with Crippen LogP contribution in [0.15, 0.2) is 45.7 Å². The molecule has 0 bridgehead atoms. The molecule has 160 valence electrons. The van der Waals surface area contributed by atoms with Crippen LogP contribution < -0.4 is 5.32 Å². The van der Waals surface area contributed by atoms with E-state index < -0.39 is 15.9 Å². The van der Waals surface area contributed by atoms with Crippen LogP contribution in [0.5, 0.6) is 0 Å². The number of nitrogens with zero attached hydrogens (tertiary/aromatic N) is 3. The Labute approximate surface area is 183 Å². The largest absolute Gasteiger partial charge is 0.402 e. The number of rotatable bonds is 9. The summed E-state index contributed by atoms with van der Waals surface area (Å²) in [5, 5.41) is 10.2. The first-order chi connectivity index (χ1) is 14.3. The molecule has 30 heavy (non-hydrogen) atoms. The second-order valence-corrected chi connectivity index (χ2v) is 10.1. The summed E-state index contributed by atoms with van der Waals surface area (Å²) in [6.45, 7) is 4.77. The second-order valence-electron chi connectivity index (χ2n) is 6.40. The molecule has 0 saturated heterocycles. The van der Waals surface area contributed by atoms with Gasteiger partial charge in [0.15, 0.2) is 0 Å². The van der Waals surface area contributed by atoms with Crippen molar-refractivity contribution in [2.24, 2.45) is 0 Å². The van der Waals surface area contributed by atoms with Gasteiger partial charge < -0.3 is 4.42 Å². The molecule has 0 atom stereocenters. The second kappa shape index (κ2) is 9.69. The number of thiophene rings is 1. The third-order valence-electron chi connectivity index (χ3n) is 4.13. The average molecular weight is 469 g/mol. The number of carbonyl (C=O) groups excluding carboxylic acids is 1. The van der Waals surface area contributed by atoms with Crippen LogP contribution in [0.3, 0.4) is 0 Å². The number of hydrogen-bond acceptors (Lipinski definition) is 7. The number of hydrogen-bond donors (Lipinski definition) is 1. The lowest BCUT2D eigenvalue weighted by atomic mass is 10.2. The number of benzene rings is 1. The minimum Gasteiger partial charge on any atom is -0.402 e. The van der Waals surface area contributed by atoms with Gasteiger partial charge in [-0.1, -0.05) is 30.5 Å². The van der Waals surface area contributed by atoms with Crippen molar-refractivity contribution in [1.82, 2.24) is 14.5 Å². The molecule has 2 heterocycles. The van der Waals surface area contributed by atoms with Crippen LogP contribution in [-0.2, 0) is 10.0 Å². The van der Waals surface area contributed by atoms with Crippen LogP contribution >= 0.6 is 22.9 Å². The summed E-state index contributed by atoms with van der Waals surface area (Å²) in [5.41, 5.74) is 0.269. The molecule has 0 aliphatic heterocycles. The van der Waals surface area contributed by atoms with E-state index in [0.717, 1.165) is 12.8 Å². The van der Waals surface area contributed by atoms with Crippen molar-refractivity contribution in [2.45, 2.75) is 31.6 Å². The SMILES string of the molecule is CCCN(CCC)S(=O)(=O)c1ccc(C(=O)Nc2nnc(-c3ccc(Cl)s3)o2)cc1.